The summed E-state index contributed by atoms with van der Waals surface area (Å²) in [6.07, 6.45) is 6.39. The van der Waals surface area contributed by atoms with Gasteiger partial charge in [-0.05, 0) is 37.9 Å². The van der Waals surface area contributed by atoms with Crippen LogP contribution in [0, 0.1) is 11.8 Å². The third kappa shape index (κ3) is 3.23. The van der Waals surface area contributed by atoms with Gasteiger partial charge in [0.15, 0.2) is 0 Å². The van der Waals surface area contributed by atoms with Gasteiger partial charge in [-0.1, -0.05) is 20.3 Å². The van der Waals surface area contributed by atoms with E-state index in [9.17, 15) is 0 Å². The van der Waals surface area contributed by atoms with Gasteiger partial charge in [-0.15, -0.1) is 0 Å². The number of hydrogen-bond donors (Lipinski definition) is 1. The lowest BCUT2D eigenvalue weighted by atomic mass is 9.87. The van der Waals surface area contributed by atoms with Crippen LogP contribution in [0.25, 0.3) is 0 Å². The Balaban J connectivity index is 1.99. The van der Waals surface area contributed by atoms with Crippen LogP contribution in [0.1, 0.15) is 40.0 Å². The van der Waals surface area contributed by atoms with E-state index in [-0.39, 0.29) is 0 Å². The molecule has 2 rings (SSSR count). The van der Waals surface area contributed by atoms with E-state index in [0.29, 0.717) is 5.54 Å². The summed E-state index contributed by atoms with van der Waals surface area (Å²) in [6, 6.07) is 0.744. The van der Waals surface area contributed by atoms with E-state index < -0.39 is 0 Å². The molecule has 2 aliphatic rings. The second-order valence-corrected chi connectivity index (χ2v) is 7.47. The minimum Gasteiger partial charge on any atom is -0.308 e. The van der Waals surface area contributed by atoms with Crippen LogP contribution in [-0.4, -0.2) is 48.1 Å². The normalized spacial score (nSPS) is 35.7. The molecule has 2 nitrogen and oxygen atoms in total. The number of thioether (sulfide) groups is 1. The molecule has 1 aliphatic carbocycles. The van der Waals surface area contributed by atoms with Gasteiger partial charge in [0.05, 0.1) is 0 Å². The van der Waals surface area contributed by atoms with Crippen molar-refractivity contribution in [3.8, 4) is 0 Å². The van der Waals surface area contributed by atoms with E-state index in [1.165, 1.54) is 44.6 Å². The summed E-state index contributed by atoms with van der Waals surface area (Å²) in [4.78, 5) is 2.78. The molecule has 2 fully saturated rings. The number of nitrogens with one attached hydrogen (secondary N) is 1. The number of rotatable bonds is 6. The van der Waals surface area contributed by atoms with Crippen molar-refractivity contribution in [2.45, 2.75) is 51.6 Å². The molecule has 106 valence electrons. The Morgan fingerprint density at radius 1 is 1.44 bits per heavy atom. The van der Waals surface area contributed by atoms with E-state index in [1.54, 1.807) is 0 Å². The molecule has 18 heavy (non-hydrogen) atoms. The first-order chi connectivity index (χ1) is 8.60. The Labute approximate surface area is 117 Å². The first-order valence-corrected chi connectivity index (χ1v) is 8.98. The SMILES string of the molecule is CCC(C)C1CNC(C)(C2CC2)CN1CCSC. The molecule has 0 spiro atoms. The predicted octanol–water partition coefficient (Wildman–Crippen LogP) is 2.84. The van der Waals surface area contributed by atoms with Gasteiger partial charge in [0.25, 0.3) is 0 Å². The molecule has 1 saturated heterocycles. The van der Waals surface area contributed by atoms with Crippen LogP contribution in [0.2, 0.25) is 0 Å². The average Bonchev–Trinajstić information content (AvgIpc) is 3.20. The molecule has 3 heteroatoms. The lowest BCUT2D eigenvalue weighted by Gasteiger charge is -2.48. The van der Waals surface area contributed by atoms with Crippen LogP contribution in [0.3, 0.4) is 0 Å². The highest BCUT2D eigenvalue weighted by atomic mass is 32.2. The van der Waals surface area contributed by atoms with Crippen LogP contribution >= 0.6 is 11.8 Å². The van der Waals surface area contributed by atoms with Crippen LogP contribution in [0.15, 0.2) is 0 Å². The number of hydrogen-bond acceptors (Lipinski definition) is 3. The fourth-order valence-electron chi connectivity index (χ4n) is 3.34. The van der Waals surface area contributed by atoms with Gasteiger partial charge < -0.3 is 5.32 Å². The summed E-state index contributed by atoms with van der Waals surface area (Å²) >= 11 is 1.98. The zero-order valence-corrected chi connectivity index (χ0v) is 13.4. The van der Waals surface area contributed by atoms with Crippen LogP contribution in [0.5, 0.6) is 0 Å². The van der Waals surface area contributed by atoms with Crippen LogP contribution in [-0.2, 0) is 0 Å². The van der Waals surface area contributed by atoms with Crippen molar-refractivity contribution in [2.75, 3.05) is 31.6 Å². The van der Waals surface area contributed by atoms with Gasteiger partial charge in [-0.2, -0.15) is 11.8 Å². The molecule has 0 radical (unpaired) electrons. The lowest BCUT2D eigenvalue weighted by molar-refractivity contribution is 0.0528. The highest BCUT2D eigenvalue weighted by molar-refractivity contribution is 7.98. The van der Waals surface area contributed by atoms with Crippen molar-refractivity contribution in [3.63, 3.8) is 0 Å². The number of nitrogens with zero attached hydrogens (tertiary/aromatic N) is 1. The minimum absolute atomic E-state index is 0.391. The standard InChI is InChI=1S/C15H30N2S/c1-5-12(2)14-10-16-15(3,13-6-7-13)11-17(14)8-9-18-4/h12-14,16H,5-11H2,1-4H3. The molecule has 0 aromatic carbocycles. The molecule has 0 aromatic rings. The Morgan fingerprint density at radius 2 is 2.17 bits per heavy atom. The molecular formula is C15H30N2S. The van der Waals surface area contributed by atoms with E-state index in [4.69, 9.17) is 0 Å². The maximum Gasteiger partial charge on any atom is 0.0309 e. The second-order valence-electron chi connectivity index (χ2n) is 6.49. The molecule has 0 amide bonds. The van der Waals surface area contributed by atoms with E-state index in [1.807, 2.05) is 11.8 Å². The van der Waals surface area contributed by atoms with Gasteiger partial charge in [-0.25, -0.2) is 0 Å². The van der Waals surface area contributed by atoms with Crippen LogP contribution in [0.4, 0.5) is 0 Å². The van der Waals surface area contributed by atoms with Crippen molar-refractivity contribution in [3.05, 3.63) is 0 Å². The molecule has 3 unspecified atom stereocenters. The molecule has 1 aliphatic heterocycles. The van der Waals surface area contributed by atoms with Gasteiger partial charge in [0, 0.05) is 37.0 Å². The Bertz CT molecular complexity index is 267. The van der Waals surface area contributed by atoms with Gasteiger partial charge in [-0.3, -0.25) is 4.90 Å². The Morgan fingerprint density at radius 3 is 2.72 bits per heavy atom. The van der Waals surface area contributed by atoms with Crippen LogP contribution < -0.4 is 5.32 Å². The van der Waals surface area contributed by atoms with Crippen molar-refractivity contribution >= 4 is 11.8 Å². The van der Waals surface area contributed by atoms with E-state index in [2.05, 4.69) is 37.2 Å². The summed E-state index contributed by atoms with van der Waals surface area (Å²) in [5.41, 5.74) is 0.391. The van der Waals surface area contributed by atoms with Gasteiger partial charge in [0.2, 0.25) is 0 Å². The Hall–Kier alpha value is 0.270. The molecular weight excluding hydrogens is 240 g/mol. The summed E-state index contributed by atoms with van der Waals surface area (Å²) in [7, 11) is 0. The first kappa shape index (κ1) is 14.7. The summed E-state index contributed by atoms with van der Waals surface area (Å²) in [5.74, 6) is 3.02. The summed E-state index contributed by atoms with van der Waals surface area (Å²) in [5, 5.41) is 3.88. The zero-order chi connectivity index (χ0) is 13.2. The van der Waals surface area contributed by atoms with E-state index >= 15 is 0 Å². The topological polar surface area (TPSA) is 15.3 Å². The van der Waals surface area contributed by atoms with Gasteiger partial charge >= 0.3 is 0 Å². The maximum atomic E-state index is 3.88. The second kappa shape index (κ2) is 6.15. The minimum atomic E-state index is 0.391. The maximum absolute atomic E-state index is 3.88. The first-order valence-electron chi connectivity index (χ1n) is 7.58. The van der Waals surface area contributed by atoms with Crippen molar-refractivity contribution in [2.24, 2.45) is 11.8 Å². The monoisotopic (exact) mass is 270 g/mol. The highest BCUT2D eigenvalue weighted by Crippen LogP contribution is 2.41. The van der Waals surface area contributed by atoms with Crippen molar-refractivity contribution in [1.82, 2.24) is 10.2 Å². The fraction of sp³-hybridized carbons (Fsp3) is 1.00. The molecule has 0 aromatic heterocycles. The zero-order valence-electron chi connectivity index (χ0n) is 12.5. The Kier molecular flexibility index (Phi) is 5.01. The average molecular weight is 270 g/mol. The molecule has 1 saturated carbocycles. The molecule has 0 bridgehead atoms. The molecule has 3 atom stereocenters. The third-order valence-corrected chi connectivity index (χ3v) is 5.67. The largest absolute Gasteiger partial charge is 0.308 e. The quantitative estimate of drug-likeness (QED) is 0.799. The number of piperazine rings is 1. The van der Waals surface area contributed by atoms with E-state index in [0.717, 1.165) is 17.9 Å². The lowest BCUT2D eigenvalue weighted by Crippen LogP contribution is -2.65. The van der Waals surface area contributed by atoms with Crippen molar-refractivity contribution in [1.29, 1.82) is 0 Å². The molecule has 1 N–H and O–H groups in total. The van der Waals surface area contributed by atoms with Gasteiger partial charge in [0.1, 0.15) is 0 Å². The van der Waals surface area contributed by atoms with Crippen molar-refractivity contribution < 1.29 is 0 Å². The smallest absolute Gasteiger partial charge is 0.0309 e. The highest BCUT2D eigenvalue weighted by Gasteiger charge is 2.46. The fourth-order valence-corrected chi connectivity index (χ4v) is 3.76. The predicted molar refractivity (Wildman–Crippen MR) is 82.3 cm³/mol. The third-order valence-electron chi connectivity index (χ3n) is 5.08. The summed E-state index contributed by atoms with van der Waals surface area (Å²) in [6.45, 7) is 10.9. The summed E-state index contributed by atoms with van der Waals surface area (Å²) < 4.78 is 0. The molecule has 1 heterocycles.